The molecule has 0 aromatic carbocycles. The predicted molar refractivity (Wildman–Crippen MR) is 68.8 cm³/mol. The lowest BCUT2D eigenvalue weighted by molar-refractivity contribution is 0.205. The highest BCUT2D eigenvalue weighted by atomic mass is 16.5. The van der Waals surface area contributed by atoms with Gasteiger partial charge in [0, 0.05) is 19.2 Å². The molecule has 3 heteroatoms. The summed E-state index contributed by atoms with van der Waals surface area (Å²) in [6, 6.07) is 0. The average Bonchev–Trinajstić information content (AvgIpc) is 2.30. The highest BCUT2D eigenvalue weighted by Crippen LogP contribution is 2.11. The maximum Gasteiger partial charge on any atom is 0.188 e. The van der Waals surface area contributed by atoms with Crippen LogP contribution in [0.5, 0.6) is 0 Å². The molecule has 0 aliphatic carbocycles. The normalized spacial score (nSPS) is 16.0. The summed E-state index contributed by atoms with van der Waals surface area (Å²) in [6.45, 7) is 10.5. The zero-order chi connectivity index (χ0) is 11.8. The van der Waals surface area contributed by atoms with Gasteiger partial charge in [0.05, 0.1) is 0 Å². The van der Waals surface area contributed by atoms with Crippen molar-refractivity contribution in [3.63, 3.8) is 0 Å². The third-order valence-electron chi connectivity index (χ3n) is 2.83. The average molecular weight is 224 g/mol. The summed E-state index contributed by atoms with van der Waals surface area (Å²) in [6.07, 6.45) is 5.17. The fourth-order valence-corrected chi connectivity index (χ4v) is 1.76. The number of likely N-dealkylation sites (N-methyl/N-ethyl adjacent to an activating group) is 1. The number of aliphatic imine (C=N–C) groups is 1. The van der Waals surface area contributed by atoms with Gasteiger partial charge < -0.3 is 9.64 Å². The number of allylic oxidation sites excluding steroid dienone is 1. The van der Waals surface area contributed by atoms with E-state index in [9.17, 15) is 0 Å². The van der Waals surface area contributed by atoms with Crippen molar-refractivity contribution in [3.8, 4) is 0 Å². The first-order chi connectivity index (χ1) is 7.76. The van der Waals surface area contributed by atoms with E-state index in [1.165, 1.54) is 12.0 Å². The molecule has 0 bridgehead atoms. The van der Waals surface area contributed by atoms with E-state index in [1.807, 2.05) is 6.20 Å². The summed E-state index contributed by atoms with van der Waals surface area (Å²) < 4.78 is 5.67. The molecule has 0 fully saturated rings. The molecule has 0 aromatic rings. The van der Waals surface area contributed by atoms with Gasteiger partial charge in [0.1, 0.15) is 6.61 Å². The second-order valence-corrected chi connectivity index (χ2v) is 4.28. The van der Waals surface area contributed by atoms with Crippen LogP contribution in [0.3, 0.4) is 0 Å². The first-order valence-corrected chi connectivity index (χ1v) is 6.33. The van der Waals surface area contributed by atoms with Crippen molar-refractivity contribution < 1.29 is 4.74 Å². The summed E-state index contributed by atoms with van der Waals surface area (Å²) >= 11 is 0. The Morgan fingerprint density at radius 3 is 2.69 bits per heavy atom. The minimum Gasteiger partial charge on any atom is -0.479 e. The molecule has 0 radical (unpaired) electrons. The Balaban J connectivity index is 2.19. The van der Waals surface area contributed by atoms with Gasteiger partial charge in [-0.25, -0.2) is 4.99 Å². The molecule has 16 heavy (non-hydrogen) atoms. The summed E-state index contributed by atoms with van der Waals surface area (Å²) in [4.78, 5) is 6.70. The van der Waals surface area contributed by atoms with Crippen LogP contribution in [0, 0.1) is 0 Å². The Kier molecular flexibility index (Phi) is 6.16. The fraction of sp³-hybridized carbons (Fsp3) is 0.769. The molecule has 0 amide bonds. The molecule has 0 aromatic heterocycles. The van der Waals surface area contributed by atoms with E-state index >= 15 is 0 Å². The van der Waals surface area contributed by atoms with Crippen molar-refractivity contribution in [1.29, 1.82) is 0 Å². The molecule has 0 saturated heterocycles. The maximum atomic E-state index is 5.67. The number of rotatable bonds is 6. The Hall–Kier alpha value is -0.830. The van der Waals surface area contributed by atoms with Crippen LogP contribution in [0.4, 0.5) is 0 Å². The molecule has 1 aliphatic rings. The van der Waals surface area contributed by atoms with E-state index in [0.29, 0.717) is 0 Å². The summed E-state index contributed by atoms with van der Waals surface area (Å²) in [5, 5.41) is 0. The van der Waals surface area contributed by atoms with Crippen molar-refractivity contribution in [2.45, 2.75) is 40.0 Å². The standard InChI is InChI=1S/C13H24N2O/c1-4-8-15(5-2)9-10-16-13-7-6-12(3)11-14-13/h11H,4-10H2,1-3H3. The van der Waals surface area contributed by atoms with Crippen molar-refractivity contribution in [2.75, 3.05) is 26.2 Å². The Labute approximate surface area is 99.2 Å². The number of nitrogens with zero attached hydrogens (tertiary/aromatic N) is 2. The molecule has 3 nitrogen and oxygen atoms in total. The maximum absolute atomic E-state index is 5.67. The number of hydrogen-bond donors (Lipinski definition) is 0. The molecule has 0 spiro atoms. The minimum atomic E-state index is 0.763. The second kappa shape index (κ2) is 7.44. The zero-order valence-corrected chi connectivity index (χ0v) is 10.8. The summed E-state index contributed by atoms with van der Waals surface area (Å²) in [7, 11) is 0. The molecule has 0 unspecified atom stereocenters. The molecule has 1 heterocycles. The van der Waals surface area contributed by atoms with Crippen LogP contribution in [-0.2, 0) is 4.74 Å². The lowest BCUT2D eigenvalue weighted by Crippen LogP contribution is -2.29. The first-order valence-electron chi connectivity index (χ1n) is 6.33. The van der Waals surface area contributed by atoms with Gasteiger partial charge in [0.15, 0.2) is 5.90 Å². The molecule has 1 rings (SSSR count). The van der Waals surface area contributed by atoms with Gasteiger partial charge in [0.25, 0.3) is 0 Å². The van der Waals surface area contributed by atoms with E-state index in [4.69, 9.17) is 4.74 Å². The van der Waals surface area contributed by atoms with Crippen LogP contribution in [-0.4, -0.2) is 37.0 Å². The Morgan fingerprint density at radius 2 is 2.12 bits per heavy atom. The molecule has 1 aliphatic heterocycles. The summed E-state index contributed by atoms with van der Waals surface area (Å²) in [5.74, 6) is 0.901. The van der Waals surface area contributed by atoms with Crippen LogP contribution < -0.4 is 0 Å². The largest absolute Gasteiger partial charge is 0.479 e. The fourth-order valence-electron chi connectivity index (χ4n) is 1.76. The van der Waals surface area contributed by atoms with Crippen LogP contribution in [0.2, 0.25) is 0 Å². The van der Waals surface area contributed by atoms with Gasteiger partial charge in [-0.2, -0.15) is 0 Å². The van der Waals surface area contributed by atoms with Gasteiger partial charge in [-0.3, -0.25) is 0 Å². The Bertz CT molecular complexity index is 259. The van der Waals surface area contributed by atoms with Crippen LogP contribution >= 0.6 is 0 Å². The third kappa shape index (κ3) is 4.79. The van der Waals surface area contributed by atoms with E-state index in [0.717, 1.165) is 45.0 Å². The summed E-state index contributed by atoms with van der Waals surface area (Å²) in [5.41, 5.74) is 1.34. The molecular formula is C13H24N2O. The van der Waals surface area contributed by atoms with Crippen molar-refractivity contribution in [3.05, 3.63) is 11.8 Å². The molecular weight excluding hydrogens is 200 g/mol. The third-order valence-corrected chi connectivity index (χ3v) is 2.83. The van der Waals surface area contributed by atoms with E-state index in [2.05, 4.69) is 30.7 Å². The molecule has 0 N–H and O–H groups in total. The highest BCUT2D eigenvalue weighted by Gasteiger charge is 2.07. The predicted octanol–water partition coefficient (Wildman–Crippen LogP) is 2.83. The topological polar surface area (TPSA) is 24.8 Å². The number of ether oxygens (including phenoxy) is 1. The quantitative estimate of drug-likeness (QED) is 0.693. The van der Waals surface area contributed by atoms with Crippen LogP contribution in [0.15, 0.2) is 16.8 Å². The van der Waals surface area contributed by atoms with E-state index in [-0.39, 0.29) is 0 Å². The van der Waals surface area contributed by atoms with Gasteiger partial charge in [0.2, 0.25) is 0 Å². The smallest absolute Gasteiger partial charge is 0.188 e. The van der Waals surface area contributed by atoms with E-state index in [1.54, 1.807) is 0 Å². The lowest BCUT2D eigenvalue weighted by atomic mass is 10.1. The van der Waals surface area contributed by atoms with Crippen LogP contribution in [0.1, 0.15) is 40.0 Å². The van der Waals surface area contributed by atoms with Gasteiger partial charge in [-0.1, -0.05) is 19.4 Å². The van der Waals surface area contributed by atoms with E-state index < -0.39 is 0 Å². The van der Waals surface area contributed by atoms with Crippen molar-refractivity contribution >= 4 is 5.90 Å². The van der Waals surface area contributed by atoms with Crippen molar-refractivity contribution in [1.82, 2.24) is 4.90 Å². The van der Waals surface area contributed by atoms with Gasteiger partial charge >= 0.3 is 0 Å². The Morgan fingerprint density at radius 1 is 1.31 bits per heavy atom. The molecule has 0 atom stereocenters. The lowest BCUT2D eigenvalue weighted by Gasteiger charge is -2.20. The molecule has 92 valence electrons. The monoisotopic (exact) mass is 224 g/mol. The number of hydrogen-bond acceptors (Lipinski definition) is 3. The van der Waals surface area contributed by atoms with Gasteiger partial charge in [-0.15, -0.1) is 0 Å². The van der Waals surface area contributed by atoms with Gasteiger partial charge in [-0.05, 0) is 32.9 Å². The van der Waals surface area contributed by atoms with Crippen molar-refractivity contribution in [2.24, 2.45) is 4.99 Å². The zero-order valence-electron chi connectivity index (χ0n) is 10.8. The second-order valence-electron chi connectivity index (χ2n) is 4.28. The SMILES string of the molecule is CCCN(CC)CCOC1=NC=C(C)CC1. The molecule has 0 saturated carbocycles. The highest BCUT2D eigenvalue weighted by molar-refractivity contribution is 5.77. The van der Waals surface area contributed by atoms with Crippen LogP contribution in [0.25, 0.3) is 0 Å². The first kappa shape index (κ1) is 13.2. The minimum absolute atomic E-state index is 0.763.